The number of nitrogens with zero attached hydrogens (tertiary/aromatic N) is 4. The summed E-state index contributed by atoms with van der Waals surface area (Å²) in [6.07, 6.45) is 2.93. The largest absolute Gasteiger partial charge is 0.431 e. The number of hydrogen-bond donors (Lipinski definition) is 1. The maximum Gasteiger partial charge on any atom is 0.279 e. The van der Waals surface area contributed by atoms with Gasteiger partial charge in [-0.3, -0.25) is 0 Å². The molecule has 0 aliphatic rings. The third-order valence-electron chi connectivity index (χ3n) is 2.25. The van der Waals surface area contributed by atoms with E-state index in [2.05, 4.69) is 9.97 Å². The number of nitriles is 2. The molecule has 6 nitrogen and oxygen atoms in total. The fraction of sp³-hybridized carbons (Fsp3) is 0. The van der Waals surface area contributed by atoms with E-state index in [0.29, 0.717) is 30.9 Å². The lowest BCUT2D eigenvalue weighted by Crippen LogP contribution is -1.86. The average Bonchev–Trinajstić information content (AvgIpc) is 3.16. The van der Waals surface area contributed by atoms with E-state index in [9.17, 15) is 0 Å². The van der Waals surface area contributed by atoms with Gasteiger partial charge in [0, 0.05) is 11.8 Å². The second kappa shape index (κ2) is 8.11. The zero-order chi connectivity index (χ0) is 16.7. The molecule has 1 aromatic carbocycles. The zero-order valence-electron chi connectivity index (χ0n) is 11.4. The van der Waals surface area contributed by atoms with Crippen LogP contribution < -0.4 is 10.5 Å². The van der Waals surface area contributed by atoms with Crippen molar-refractivity contribution in [2.45, 2.75) is 0 Å². The van der Waals surface area contributed by atoms with Gasteiger partial charge in [0.25, 0.3) is 5.19 Å². The Morgan fingerprint density at radius 3 is 2.30 bits per heavy atom. The molecule has 0 unspecified atom stereocenters. The molecular weight excluding hydrogens is 354 g/mol. The van der Waals surface area contributed by atoms with Crippen LogP contribution in [0.25, 0.3) is 0 Å². The van der Waals surface area contributed by atoms with Crippen LogP contribution in [0, 0.1) is 22.7 Å². The molecule has 114 valence electrons. The molecule has 0 saturated heterocycles. The van der Waals surface area contributed by atoms with Crippen molar-refractivity contribution in [3.63, 3.8) is 0 Å². The van der Waals surface area contributed by atoms with Gasteiger partial charge in [0.05, 0.1) is 12.4 Å². The molecule has 0 atom stereocenters. The molecule has 0 aliphatic carbocycles. The van der Waals surface area contributed by atoms with Crippen LogP contribution in [0.4, 0.5) is 5.69 Å². The van der Waals surface area contributed by atoms with Gasteiger partial charge in [0.15, 0.2) is 4.47 Å². The first kappa shape index (κ1) is 16.7. The molecule has 0 fully saturated rings. The number of benzene rings is 1. The summed E-state index contributed by atoms with van der Waals surface area (Å²) in [5, 5.41) is 17.3. The fourth-order valence-electron chi connectivity index (χ4n) is 1.34. The van der Waals surface area contributed by atoms with Crippen LogP contribution in [0.15, 0.2) is 36.7 Å². The molecule has 3 aromatic rings. The summed E-state index contributed by atoms with van der Waals surface area (Å²) in [5.74, 6) is 0.619. The zero-order valence-corrected chi connectivity index (χ0v) is 13.8. The minimum Gasteiger partial charge on any atom is -0.431 e. The molecule has 0 aliphatic heterocycles. The molecule has 3 rings (SSSR count). The number of nitrogen functional groups attached to an aromatic ring is 1. The van der Waals surface area contributed by atoms with E-state index in [1.54, 1.807) is 24.3 Å². The topological polar surface area (TPSA) is 109 Å². The first-order chi connectivity index (χ1) is 11.1. The minimum absolute atomic E-state index is 0.418. The average molecular weight is 362 g/mol. The molecule has 2 N–H and O–H groups in total. The third kappa shape index (κ3) is 5.24. The number of thiazole rings is 2. The Hall–Kier alpha value is -2.65. The van der Waals surface area contributed by atoms with Gasteiger partial charge in [0.2, 0.25) is 0 Å². The summed E-state index contributed by atoms with van der Waals surface area (Å²) in [6, 6.07) is 11.0. The normalized spacial score (nSPS) is 9.17. The second-order valence-corrected chi connectivity index (χ2v) is 6.47. The first-order valence-corrected chi connectivity index (χ1v) is 8.02. The van der Waals surface area contributed by atoms with Gasteiger partial charge in [-0.15, -0.1) is 0 Å². The molecule has 0 amide bonds. The van der Waals surface area contributed by atoms with E-state index in [4.69, 9.17) is 32.6 Å². The van der Waals surface area contributed by atoms with Crippen molar-refractivity contribution in [1.82, 2.24) is 9.97 Å². The number of anilines is 1. The standard InChI is InChI=1S/C10H7N3OS.C4HClN2S/c11-5-9-6-13-10(15-9)14-8-3-1-2-7(12)4-8;5-4-7-2-3(1-6)8-4/h1-4,6H,12H2;2H. The summed E-state index contributed by atoms with van der Waals surface area (Å²) in [4.78, 5) is 8.67. The number of hydrogen-bond acceptors (Lipinski definition) is 8. The number of ether oxygens (including phenoxy) is 1. The highest BCUT2D eigenvalue weighted by atomic mass is 35.5. The Morgan fingerprint density at radius 1 is 1.09 bits per heavy atom. The lowest BCUT2D eigenvalue weighted by atomic mass is 10.3. The molecule has 0 saturated carbocycles. The maximum absolute atomic E-state index is 8.61. The fourth-order valence-corrected chi connectivity index (χ4v) is 2.66. The predicted molar refractivity (Wildman–Crippen MR) is 89.6 cm³/mol. The predicted octanol–water partition coefficient (Wildman–Crippen LogP) is 4.06. The Morgan fingerprint density at radius 2 is 1.78 bits per heavy atom. The van der Waals surface area contributed by atoms with E-state index >= 15 is 0 Å². The van der Waals surface area contributed by atoms with Crippen molar-refractivity contribution in [2.75, 3.05) is 5.73 Å². The molecule has 0 bridgehead atoms. The van der Waals surface area contributed by atoms with Crippen LogP contribution in [-0.4, -0.2) is 9.97 Å². The maximum atomic E-state index is 8.61. The number of halogens is 1. The van der Waals surface area contributed by atoms with Crippen LogP contribution in [0.3, 0.4) is 0 Å². The van der Waals surface area contributed by atoms with E-state index in [-0.39, 0.29) is 0 Å². The number of aromatic nitrogens is 2. The van der Waals surface area contributed by atoms with Crippen LogP contribution in [0.5, 0.6) is 10.9 Å². The van der Waals surface area contributed by atoms with E-state index in [1.807, 2.05) is 12.1 Å². The molecule has 2 aromatic heterocycles. The van der Waals surface area contributed by atoms with Gasteiger partial charge in [0.1, 0.15) is 27.6 Å². The van der Waals surface area contributed by atoms with Crippen molar-refractivity contribution in [3.8, 4) is 23.1 Å². The molecular formula is C14H8ClN5OS2. The Kier molecular flexibility index (Phi) is 5.89. The lowest BCUT2D eigenvalue weighted by molar-refractivity contribution is 0.479. The summed E-state index contributed by atoms with van der Waals surface area (Å²) >= 11 is 7.77. The smallest absolute Gasteiger partial charge is 0.279 e. The third-order valence-corrected chi connectivity index (χ3v) is 4.05. The number of rotatable bonds is 2. The highest BCUT2D eigenvalue weighted by Crippen LogP contribution is 2.26. The highest BCUT2D eigenvalue weighted by Gasteiger charge is 2.03. The van der Waals surface area contributed by atoms with Gasteiger partial charge in [-0.1, -0.05) is 40.3 Å². The summed E-state index contributed by atoms with van der Waals surface area (Å²) < 4.78 is 5.84. The van der Waals surface area contributed by atoms with Crippen molar-refractivity contribution in [3.05, 3.63) is 50.9 Å². The highest BCUT2D eigenvalue weighted by molar-refractivity contribution is 7.16. The Bertz CT molecular complexity index is 878. The SMILES string of the molecule is N#Cc1cnc(Cl)s1.N#Cc1cnc(Oc2cccc(N)c2)s1. The monoisotopic (exact) mass is 361 g/mol. The lowest BCUT2D eigenvalue weighted by Gasteiger charge is -2.01. The van der Waals surface area contributed by atoms with Crippen molar-refractivity contribution in [2.24, 2.45) is 0 Å². The molecule has 23 heavy (non-hydrogen) atoms. The van der Waals surface area contributed by atoms with Crippen molar-refractivity contribution >= 4 is 40.0 Å². The second-order valence-electron chi connectivity index (χ2n) is 3.87. The Balaban J connectivity index is 0.000000203. The molecule has 0 radical (unpaired) electrons. The molecule has 9 heteroatoms. The van der Waals surface area contributed by atoms with Crippen LogP contribution in [-0.2, 0) is 0 Å². The van der Waals surface area contributed by atoms with Crippen LogP contribution >= 0.6 is 34.3 Å². The quantitative estimate of drug-likeness (QED) is 0.689. The minimum atomic E-state index is 0.418. The van der Waals surface area contributed by atoms with E-state index in [0.717, 1.165) is 0 Å². The van der Waals surface area contributed by atoms with Gasteiger partial charge in [-0.25, -0.2) is 9.97 Å². The summed E-state index contributed by atoms with van der Waals surface area (Å²) in [7, 11) is 0. The van der Waals surface area contributed by atoms with E-state index in [1.165, 1.54) is 35.1 Å². The summed E-state index contributed by atoms with van der Waals surface area (Å²) in [6.45, 7) is 0. The first-order valence-electron chi connectivity index (χ1n) is 6.01. The van der Waals surface area contributed by atoms with Crippen LogP contribution in [0.1, 0.15) is 9.75 Å². The van der Waals surface area contributed by atoms with E-state index < -0.39 is 0 Å². The van der Waals surface area contributed by atoms with Crippen molar-refractivity contribution < 1.29 is 4.74 Å². The Labute approximate surface area is 145 Å². The molecule has 0 spiro atoms. The number of nitrogens with two attached hydrogens (primary N) is 1. The van der Waals surface area contributed by atoms with Gasteiger partial charge < -0.3 is 10.5 Å². The van der Waals surface area contributed by atoms with Gasteiger partial charge >= 0.3 is 0 Å². The van der Waals surface area contributed by atoms with Crippen molar-refractivity contribution in [1.29, 1.82) is 10.5 Å². The summed E-state index contributed by atoms with van der Waals surface area (Å²) in [5.41, 5.74) is 6.22. The molecule has 2 heterocycles. The van der Waals surface area contributed by atoms with Crippen LogP contribution in [0.2, 0.25) is 4.47 Å². The van der Waals surface area contributed by atoms with Gasteiger partial charge in [-0.2, -0.15) is 10.5 Å². The van der Waals surface area contributed by atoms with Gasteiger partial charge in [-0.05, 0) is 12.1 Å².